The van der Waals surface area contributed by atoms with E-state index in [0.29, 0.717) is 11.3 Å². The Morgan fingerprint density at radius 1 is 1.20 bits per heavy atom. The minimum Gasteiger partial charge on any atom is -0.379 e. The minimum atomic E-state index is 0.426. The van der Waals surface area contributed by atoms with Crippen molar-refractivity contribution in [1.82, 2.24) is 5.32 Å². The third-order valence-electron chi connectivity index (χ3n) is 3.73. The summed E-state index contributed by atoms with van der Waals surface area (Å²) in [6.07, 6.45) is 0. The molecule has 1 atom stereocenters. The van der Waals surface area contributed by atoms with E-state index in [1.807, 2.05) is 11.8 Å². The first-order valence-corrected chi connectivity index (χ1v) is 8.33. The van der Waals surface area contributed by atoms with Gasteiger partial charge in [-0.15, -0.1) is 0 Å². The van der Waals surface area contributed by atoms with E-state index < -0.39 is 0 Å². The first-order chi connectivity index (χ1) is 9.86. The molecule has 106 valence electrons. The monoisotopic (exact) mass is 287 g/mol. The Balaban J connectivity index is 1.76. The van der Waals surface area contributed by atoms with Gasteiger partial charge in [0.1, 0.15) is 0 Å². The van der Waals surface area contributed by atoms with E-state index in [0.717, 1.165) is 25.5 Å². The van der Waals surface area contributed by atoms with Crippen molar-refractivity contribution in [1.29, 1.82) is 0 Å². The van der Waals surface area contributed by atoms with Gasteiger partial charge in [0.15, 0.2) is 0 Å². The molecule has 0 spiro atoms. The summed E-state index contributed by atoms with van der Waals surface area (Å²) < 4.78 is 5.25. The summed E-state index contributed by atoms with van der Waals surface area (Å²) in [6, 6.07) is 15.8. The normalized spacial score (nSPS) is 17.1. The van der Waals surface area contributed by atoms with Gasteiger partial charge in [-0.3, -0.25) is 0 Å². The second kappa shape index (κ2) is 6.61. The molecule has 0 aliphatic carbocycles. The Kier molecular flexibility index (Phi) is 4.61. The lowest BCUT2D eigenvalue weighted by molar-refractivity contribution is 0.0455. The van der Waals surface area contributed by atoms with Crippen molar-refractivity contribution >= 4 is 22.5 Å². The molecule has 0 saturated carbocycles. The summed E-state index contributed by atoms with van der Waals surface area (Å²) in [6.45, 7) is 5.01. The maximum Gasteiger partial charge on any atom is 0.0607 e. The standard InChI is InChI=1S/C17H21NOS/c1-2-18-17(12-20-16-10-19-11-16)15-8-7-13-5-3-4-6-14(13)9-15/h3-9,16-18H,2,10-12H2,1H3. The quantitative estimate of drug-likeness (QED) is 0.877. The Hall–Kier alpha value is -1.03. The SMILES string of the molecule is CCNC(CSC1COC1)c1ccc2ccccc2c1. The number of thioether (sulfide) groups is 1. The molecule has 1 unspecified atom stereocenters. The van der Waals surface area contributed by atoms with Crippen molar-refractivity contribution < 1.29 is 4.74 Å². The summed E-state index contributed by atoms with van der Waals surface area (Å²) in [5, 5.41) is 6.93. The molecule has 3 rings (SSSR count). The zero-order chi connectivity index (χ0) is 13.8. The molecule has 3 heteroatoms. The van der Waals surface area contributed by atoms with Crippen molar-refractivity contribution in [3.05, 3.63) is 48.0 Å². The van der Waals surface area contributed by atoms with E-state index in [9.17, 15) is 0 Å². The van der Waals surface area contributed by atoms with E-state index in [2.05, 4.69) is 54.7 Å². The molecular formula is C17H21NOS. The molecule has 1 heterocycles. The third kappa shape index (κ3) is 3.17. The Labute approximate surface area is 124 Å². The maximum absolute atomic E-state index is 5.25. The van der Waals surface area contributed by atoms with Crippen LogP contribution in [0.3, 0.4) is 0 Å². The summed E-state index contributed by atoms with van der Waals surface area (Å²) in [5.41, 5.74) is 1.39. The number of benzene rings is 2. The van der Waals surface area contributed by atoms with E-state index in [1.54, 1.807) is 0 Å². The highest BCUT2D eigenvalue weighted by Crippen LogP contribution is 2.27. The average Bonchev–Trinajstić information content (AvgIpc) is 2.44. The lowest BCUT2D eigenvalue weighted by Crippen LogP contribution is -2.32. The predicted octanol–water partition coefficient (Wildman–Crippen LogP) is 3.62. The number of nitrogens with one attached hydrogen (secondary N) is 1. The number of fused-ring (bicyclic) bond motifs is 1. The van der Waals surface area contributed by atoms with Crippen LogP contribution >= 0.6 is 11.8 Å². The van der Waals surface area contributed by atoms with Crippen LogP contribution in [0, 0.1) is 0 Å². The van der Waals surface area contributed by atoms with E-state index in [-0.39, 0.29) is 0 Å². The van der Waals surface area contributed by atoms with Crippen LogP contribution in [0.5, 0.6) is 0 Å². The smallest absolute Gasteiger partial charge is 0.0607 e. The fourth-order valence-electron chi connectivity index (χ4n) is 2.49. The van der Waals surface area contributed by atoms with Gasteiger partial charge in [-0.2, -0.15) is 11.8 Å². The zero-order valence-corrected chi connectivity index (χ0v) is 12.7. The van der Waals surface area contributed by atoms with Gasteiger partial charge in [0, 0.05) is 11.8 Å². The molecule has 1 fully saturated rings. The molecule has 2 aromatic carbocycles. The second-order valence-electron chi connectivity index (χ2n) is 5.21. The summed E-state index contributed by atoms with van der Waals surface area (Å²) in [5.74, 6) is 1.11. The first-order valence-electron chi connectivity index (χ1n) is 7.28. The van der Waals surface area contributed by atoms with E-state index in [1.165, 1.54) is 16.3 Å². The summed E-state index contributed by atoms with van der Waals surface area (Å²) in [7, 11) is 0. The highest BCUT2D eigenvalue weighted by molar-refractivity contribution is 8.00. The lowest BCUT2D eigenvalue weighted by atomic mass is 10.0. The molecule has 0 bridgehead atoms. The van der Waals surface area contributed by atoms with Crippen molar-refractivity contribution in [2.45, 2.75) is 18.2 Å². The van der Waals surface area contributed by atoms with Crippen LogP contribution in [0.15, 0.2) is 42.5 Å². The molecule has 1 N–H and O–H groups in total. The van der Waals surface area contributed by atoms with Gasteiger partial charge in [-0.25, -0.2) is 0 Å². The van der Waals surface area contributed by atoms with Crippen LogP contribution in [-0.4, -0.2) is 30.8 Å². The van der Waals surface area contributed by atoms with Crippen LogP contribution in [0.25, 0.3) is 10.8 Å². The molecule has 1 aliphatic heterocycles. The molecule has 2 aromatic rings. The van der Waals surface area contributed by atoms with E-state index in [4.69, 9.17) is 4.74 Å². The number of ether oxygens (including phenoxy) is 1. The first kappa shape index (κ1) is 13.9. The molecule has 1 aliphatic rings. The van der Waals surface area contributed by atoms with Crippen molar-refractivity contribution in [3.8, 4) is 0 Å². The average molecular weight is 287 g/mol. The topological polar surface area (TPSA) is 21.3 Å². The number of hydrogen-bond donors (Lipinski definition) is 1. The minimum absolute atomic E-state index is 0.426. The van der Waals surface area contributed by atoms with Gasteiger partial charge < -0.3 is 10.1 Å². The van der Waals surface area contributed by atoms with Crippen molar-refractivity contribution in [2.24, 2.45) is 0 Å². The van der Waals surface area contributed by atoms with Crippen LogP contribution in [0.1, 0.15) is 18.5 Å². The molecular weight excluding hydrogens is 266 g/mol. The molecule has 0 aromatic heterocycles. The van der Waals surface area contributed by atoms with Crippen LogP contribution in [-0.2, 0) is 4.74 Å². The highest BCUT2D eigenvalue weighted by Gasteiger charge is 2.21. The highest BCUT2D eigenvalue weighted by atomic mass is 32.2. The predicted molar refractivity (Wildman–Crippen MR) is 87.4 cm³/mol. The van der Waals surface area contributed by atoms with Gasteiger partial charge in [-0.1, -0.05) is 43.3 Å². The zero-order valence-electron chi connectivity index (χ0n) is 11.8. The molecule has 0 amide bonds. The molecule has 20 heavy (non-hydrogen) atoms. The molecule has 0 radical (unpaired) electrons. The number of rotatable bonds is 6. The van der Waals surface area contributed by atoms with Crippen LogP contribution in [0.4, 0.5) is 0 Å². The summed E-state index contributed by atoms with van der Waals surface area (Å²) >= 11 is 2.02. The maximum atomic E-state index is 5.25. The second-order valence-corrected chi connectivity index (χ2v) is 6.54. The summed E-state index contributed by atoms with van der Waals surface area (Å²) in [4.78, 5) is 0. The Morgan fingerprint density at radius 2 is 2.00 bits per heavy atom. The van der Waals surface area contributed by atoms with Crippen molar-refractivity contribution in [2.75, 3.05) is 25.5 Å². The van der Waals surface area contributed by atoms with Gasteiger partial charge in [0.2, 0.25) is 0 Å². The van der Waals surface area contributed by atoms with Gasteiger partial charge in [0.25, 0.3) is 0 Å². The van der Waals surface area contributed by atoms with E-state index >= 15 is 0 Å². The Bertz CT molecular complexity index is 568. The van der Waals surface area contributed by atoms with Gasteiger partial charge in [-0.05, 0) is 28.9 Å². The Morgan fingerprint density at radius 3 is 2.70 bits per heavy atom. The van der Waals surface area contributed by atoms with Gasteiger partial charge >= 0.3 is 0 Å². The fraction of sp³-hybridized carbons (Fsp3) is 0.412. The largest absolute Gasteiger partial charge is 0.379 e. The van der Waals surface area contributed by atoms with Crippen LogP contribution < -0.4 is 5.32 Å². The van der Waals surface area contributed by atoms with Gasteiger partial charge in [0.05, 0.1) is 18.5 Å². The third-order valence-corrected chi connectivity index (χ3v) is 5.00. The van der Waals surface area contributed by atoms with Crippen LogP contribution in [0.2, 0.25) is 0 Å². The molecule has 1 saturated heterocycles. The van der Waals surface area contributed by atoms with Crippen molar-refractivity contribution in [3.63, 3.8) is 0 Å². The number of hydrogen-bond acceptors (Lipinski definition) is 3. The lowest BCUT2D eigenvalue weighted by Gasteiger charge is -2.27. The fourth-order valence-corrected chi connectivity index (χ4v) is 3.65. The molecule has 2 nitrogen and oxygen atoms in total.